The molecule has 0 aromatic heterocycles. The Balaban J connectivity index is 1.59. The van der Waals surface area contributed by atoms with Crippen LogP contribution in [0.5, 0.6) is 0 Å². The lowest BCUT2D eigenvalue weighted by Gasteiger charge is -2.61. The van der Waals surface area contributed by atoms with Crippen LogP contribution in [0.4, 0.5) is 0 Å². The van der Waals surface area contributed by atoms with Crippen molar-refractivity contribution in [3.05, 3.63) is 0 Å². The van der Waals surface area contributed by atoms with Crippen molar-refractivity contribution in [1.82, 2.24) is 0 Å². The average Bonchev–Trinajstić information content (AvgIpc) is 2.91. The van der Waals surface area contributed by atoms with E-state index in [2.05, 4.69) is 13.8 Å². The maximum Gasteiger partial charge on any atom is 0.133 e. The van der Waals surface area contributed by atoms with Gasteiger partial charge in [0.25, 0.3) is 0 Å². The topological polar surface area (TPSA) is 26.3 Å². The molecule has 0 radical (unpaired) electrons. The predicted molar refractivity (Wildman–Crippen MR) is 96.7 cm³/mol. The van der Waals surface area contributed by atoms with Crippen LogP contribution in [0.3, 0.4) is 0 Å². The van der Waals surface area contributed by atoms with Gasteiger partial charge in [-0.05, 0) is 99.2 Å². The highest BCUT2D eigenvalue weighted by Gasteiger charge is 2.60. The first-order chi connectivity index (χ1) is 11.4. The molecular formula is C22H36O2. The molecule has 0 aliphatic heterocycles. The van der Waals surface area contributed by atoms with E-state index in [9.17, 15) is 4.79 Å². The van der Waals surface area contributed by atoms with Crippen molar-refractivity contribution in [2.75, 3.05) is 7.11 Å². The summed E-state index contributed by atoms with van der Waals surface area (Å²) in [5, 5.41) is 0. The van der Waals surface area contributed by atoms with Crippen LogP contribution in [-0.2, 0) is 9.53 Å². The van der Waals surface area contributed by atoms with Gasteiger partial charge in [-0.15, -0.1) is 0 Å². The van der Waals surface area contributed by atoms with E-state index in [1.165, 1.54) is 51.4 Å². The Kier molecular flexibility index (Phi) is 4.14. The van der Waals surface area contributed by atoms with Gasteiger partial charge in [0, 0.05) is 13.0 Å². The van der Waals surface area contributed by atoms with E-state index in [4.69, 9.17) is 4.74 Å². The van der Waals surface area contributed by atoms with Gasteiger partial charge in [0.2, 0.25) is 0 Å². The first-order valence-corrected chi connectivity index (χ1v) is 10.4. The van der Waals surface area contributed by atoms with Gasteiger partial charge < -0.3 is 4.74 Å². The number of Topliss-reactive ketones (excluding diaryl/α,β-unsaturated/α-hetero) is 1. The van der Waals surface area contributed by atoms with E-state index in [-0.39, 0.29) is 0 Å². The molecule has 0 aromatic carbocycles. The molecule has 4 saturated carbocycles. The molecule has 0 N–H and O–H groups in total. The zero-order valence-corrected chi connectivity index (χ0v) is 16.1. The Bertz CT molecular complexity index is 514. The molecule has 4 rings (SSSR count). The molecular weight excluding hydrogens is 296 g/mol. The van der Waals surface area contributed by atoms with Crippen molar-refractivity contribution in [2.45, 2.75) is 84.7 Å². The summed E-state index contributed by atoms with van der Waals surface area (Å²) < 4.78 is 5.71. The largest absolute Gasteiger partial charge is 0.381 e. The van der Waals surface area contributed by atoms with Gasteiger partial charge in [0.05, 0.1) is 6.10 Å². The minimum Gasteiger partial charge on any atom is -0.381 e. The van der Waals surface area contributed by atoms with Crippen LogP contribution in [0.25, 0.3) is 0 Å². The molecule has 0 heterocycles. The molecule has 8 atom stereocenters. The summed E-state index contributed by atoms with van der Waals surface area (Å²) in [6.45, 7) is 6.91. The van der Waals surface area contributed by atoms with Gasteiger partial charge in [0.1, 0.15) is 5.78 Å². The SMILES string of the molecule is CO[C@@H]1CC[C@@]2(C)[C@@H](CC[C@@H]3[C@@H]2CC[C@]2(C)[C@@H](C(C)=O)CC[C@@H]32)C1. The maximum atomic E-state index is 12.2. The van der Waals surface area contributed by atoms with Crippen LogP contribution in [0.2, 0.25) is 0 Å². The number of methoxy groups -OCH3 is 1. The zero-order valence-electron chi connectivity index (χ0n) is 16.1. The summed E-state index contributed by atoms with van der Waals surface area (Å²) in [4.78, 5) is 12.2. The maximum absolute atomic E-state index is 12.2. The number of carbonyl (C=O) groups excluding carboxylic acids is 1. The zero-order chi connectivity index (χ0) is 17.1. The van der Waals surface area contributed by atoms with E-state index < -0.39 is 0 Å². The summed E-state index contributed by atoms with van der Waals surface area (Å²) >= 11 is 0. The van der Waals surface area contributed by atoms with Crippen LogP contribution in [0.15, 0.2) is 0 Å². The Labute approximate surface area is 148 Å². The molecule has 0 spiro atoms. The third-order valence-corrected chi connectivity index (χ3v) is 9.44. The summed E-state index contributed by atoms with van der Waals surface area (Å²) in [6, 6.07) is 0. The van der Waals surface area contributed by atoms with Crippen molar-refractivity contribution >= 4 is 5.78 Å². The molecule has 136 valence electrons. The molecule has 2 heteroatoms. The Morgan fingerprint density at radius 1 is 0.917 bits per heavy atom. The van der Waals surface area contributed by atoms with Crippen molar-refractivity contribution in [1.29, 1.82) is 0 Å². The third-order valence-electron chi connectivity index (χ3n) is 9.44. The number of rotatable bonds is 2. The van der Waals surface area contributed by atoms with Crippen molar-refractivity contribution in [3.63, 3.8) is 0 Å². The van der Waals surface area contributed by atoms with Gasteiger partial charge in [-0.2, -0.15) is 0 Å². The Hall–Kier alpha value is -0.370. The number of ketones is 1. The molecule has 0 bridgehead atoms. The minimum absolute atomic E-state index is 0.305. The first kappa shape index (κ1) is 17.1. The molecule has 4 aliphatic rings. The van der Waals surface area contributed by atoms with Crippen molar-refractivity contribution in [3.8, 4) is 0 Å². The van der Waals surface area contributed by atoms with Crippen molar-refractivity contribution in [2.24, 2.45) is 40.4 Å². The van der Waals surface area contributed by atoms with Gasteiger partial charge in [0.15, 0.2) is 0 Å². The number of hydrogen-bond donors (Lipinski definition) is 0. The molecule has 0 amide bonds. The predicted octanol–water partition coefficient (Wildman–Crippen LogP) is 5.25. The molecule has 0 unspecified atom stereocenters. The molecule has 4 fully saturated rings. The highest BCUT2D eigenvalue weighted by Crippen LogP contribution is 2.67. The van der Waals surface area contributed by atoms with Gasteiger partial charge in [-0.3, -0.25) is 4.79 Å². The fraction of sp³-hybridized carbons (Fsp3) is 0.955. The summed E-state index contributed by atoms with van der Waals surface area (Å²) in [7, 11) is 1.89. The van der Waals surface area contributed by atoms with Gasteiger partial charge >= 0.3 is 0 Å². The van der Waals surface area contributed by atoms with Gasteiger partial charge in [-0.1, -0.05) is 13.8 Å². The highest BCUT2D eigenvalue weighted by molar-refractivity contribution is 5.79. The van der Waals surface area contributed by atoms with Crippen molar-refractivity contribution < 1.29 is 9.53 Å². The van der Waals surface area contributed by atoms with Crippen LogP contribution in [0, 0.1) is 40.4 Å². The van der Waals surface area contributed by atoms with Crippen LogP contribution in [-0.4, -0.2) is 19.0 Å². The quantitative estimate of drug-likeness (QED) is 0.690. The lowest BCUT2D eigenvalue weighted by molar-refractivity contribution is -0.140. The highest BCUT2D eigenvalue weighted by atomic mass is 16.5. The summed E-state index contributed by atoms with van der Waals surface area (Å²) in [5.41, 5.74) is 0.841. The standard InChI is InChI=1S/C22H36O2/c1-14(23)18-7-8-19-17-6-5-15-13-16(24-4)9-11-21(15,2)20(17)10-12-22(18,19)3/h15-20H,5-13H2,1-4H3/t15-,16+,17-,18+,19-,20-,21-,22+/m0/s1. The number of carbonyl (C=O) groups is 1. The fourth-order valence-electron chi connectivity index (χ4n) is 8.10. The van der Waals surface area contributed by atoms with E-state index >= 15 is 0 Å². The number of fused-ring (bicyclic) bond motifs is 5. The van der Waals surface area contributed by atoms with E-state index in [0.29, 0.717) is 28.6 Å². The summed E-state index contributed by atoms with van der Waals surface area (Å²) in [6.07, 6.45) is 12.3. The van der Waals surface area contributed by atoms with Crippen LogP contribution < -0.4 is 0 Å². The second-order valence-electron chi connectivity index (χ2n) is 10.1. The monoisotopic (exact) mass is 332 g/mol. The average molecular weight is 333 g/mol. The van der Waals surface area contributed by atoms with E-state index in [0.717, 1.165) is 30.1 Å². The second-order valence-corrected chi connectivity index (χ2v) is 10.1. The lowest BCUT2D eigenvalue weighted by atomic mass is 9.44. The van der Waals surface area contributed by atoms with Gasteiger partial charge in [-0.25, -0.2) is 0 Å². The number of ether oxygens (including phenoxy) is 1. The molecule has 4 aliphatic carbocycles. The second kappa shape index (κ2) is 5.83. The fourth-order valence-corrected chi connectivity index (χ4v) is 8.10. The van der Waals surface area contributed by atoms with Crippen LogP contribution in [0.1, 0.15) is 78.6 Å². The van der Waals surface area contributed by atoms with E-state index in [1.807, 2.05) is 14.0 Å². The smallest absolute Gasteiger partial charge is 0.133 e. The normalized spacial score (nSPS) is 53.8. The molecule has 0 aromatic rings. The minimum atomic E-state index is 0.305. The Morgan fingerprint density at radius 3 is 2.33 bits per heavy atom. The molecule has 2 nitrogen and oxygen atoms in total. The summed E-state index contributed by atoms with van der Waals surface area (Å²) in [5.74, 6) is 4.26. The van der Waals surface area contributed by atoms with Crippen LogP contribution >= 0.6 is 0 Å². The molecule has 24 heavy (non-hydrogen) atoms. The Morgan fingerprint density at radius 2 is 1.62 bits per heavy atom. The van der Waals surface area contributed by atoms with E-state index in [1.54, 1.807) is 0 Å². The first-order valence-electron chi connectivity index (χ1n) is 10.4. The number of hydrogen-bond acceptors (Lipinski definition) is 2. The lowest BCUT2D eigenvalue weighted by Crippen LogP contribution is -2.54. The third kappa shape index (κ3) is 2.27. The molecule has 0 saturated heterocycles.